The quantitative estimate of drug-likeness (QED) is 0.844. The van der Waals surface area contributed by atoms with Crippen LogP contribution in [0.2, 0.25) is 0 Å². The molecule has 1 atom stereocenters. The molecule has 0 fully saturated rings. The average molecular weight is 243 g/mol. The molecule has 1 aromatic rings. The Morgan fingerprint density at radius 3 is 2.59 bits per heavy atom. The van der Waals surface area contributed by atoms with Gasteiger partial charge in [-0.1, -0.05) is 12.1 Å². The van der Waals surface area contributed by atoms with Crippen LogP contribution in [0.25, 0.3) is 0 Å². The molecule has 0 heterocycles. The molecule has 1 amide bonds. The van der Waals surface area contributed by atoms with Gasteiger partial charge in [-0.05, 0) is 6.07 Å². The largest absolute Gasteiger partial charge is 0.481 e. The zero-order valence-electron chi connectivity index (χ0n) is 9.04. The van der Waals surface area contributed by atoms with Crippen LogP contribution in [0.1, 0.15) is 24.9 Å². The van der Waals surface area contributed by atoms with Gasteiger partial charge in [0, 0.05) is 12.5 Å². The summed E-state index contributed by atoms with van der Waals surface area (Å²) in [4.78, 5) is 21.5. The van der Waals surface area contributed by atoms with E-state index >= 15 is 0 Å². The van der Waals surface area contributed by atoms with Crippen molar-refractivity contribution >= 4 is 11.9 Å². The summed E-state index contributed by atoms with van der Waals surface area (Å²) in [5, 5.41) is 10.9. The number of carbonyl (C=O) groups is 2. The molecule has 92 valence electrons. The van der Waals surface area contributed by atoms with E-state index in [0.29, 0.717) is 0 Å². The first-order chi connectivity index (χ1) is 7.91. The number of carboxylic acid groups (broad SMARTS) is 1. The van der Waals surface area contributed by atoms with Gasteiger partial charge < -0.3 is 10.4 Å². The van der Waals surface area contributed by atoms with Crippen LogP contribution in [0.5, 0.6) is 0 Å². The van der Waals surface area contributed by atoms with Crippen molar-refractivity contribution in [1.82, 2.24) is 5.32 Å². The van der Waals surface area contributed by atoms with Crippen molar-refractivity contribution in [2.24, 2.45) is 0 Å². The fraction of sp³-hybridized carbons (Fsp3) is 0.273. The highest BCUT2D eigenvalue weighted by molar-refractivity contribution is 5.75. The maximum absolute atomic E-state index is 13.4. The first kappa shape index (κ1) is 13.1. The van der Waals surface area contributed by atoms with Gasteiger partial charge in [0.25, 0.3) is 0 Å². The zero-order chi connectivity index (χ0) is 13.0. The molecule has 0 unspecified atom stereocenters. The van der Waals surface area contributed by atoms with Crippen LogP contribution in [0, 0.1) is 11.6 Å². The van der Waals surface area contributed by atoms with Gasteiger partial charge in [0.05, 0.1) is 12.5 Å². The topological polar surface area (TPSA) is 66.4 Å². The average Bonchev–Trinajstić information content (AvgIpc) is 2.19. The van der Waals surface area contributed by atoms with Gasteiger partial charge in [0.2, 0.25) is 5.91 Å². The van der Waals surface area contributed by atoms with E-state index in [9.17, 15) is 18.4 Å². The molecule has 0 aliphatic heterocycles. The minimum absolute atomic E-state index is 0.178. The van der Waals surface area contributed by atoms with Gasteiger partial charge in [-0.2, -0.15) is 0 Å². The number of hydrogen-bond acceptors (Lipinski definition) is 2. The highest BCUT2D eigenvalue weighted by atomic mass is 19.2. The second-order valence-corrected chi connectivity index (χ2v) is 3.49. The molecule has 0 saturated carbocycles. The number of amides is 1. The number of carboxylic acids is 1. The maximum Gasteiger partial charge on any atom is 0.305 e. The second kappa shape index (κ2) is 5.38. The molecule has 4 nitrogen and oxygen atoms in total. The smallest absolute Gasteiger partial charge is 0.305 e. The maximum atomic E-state index is 13.4. The Balaban J connectivity index is 3.07. The lowest BCUT2D eigenvalue weighted by atomic mass is 10.0. The minimum Gasteiger partial charge on any atom is -0.481 e. The summed E-state index contributed by atoms with van der Waals surface area (Å²) in [6.07, 6.45) is -0.514. The van der Waals surface area contributed by atoms with E-state index < -0.39 is 36.0 Å². The Bertz CT molecular complexity index is 432. The summed E-state index contributed by atoms with van der Waals surface area (Å²) in [5.41, 5.74) is -0.178. The molecule has 0 bridgehead atoms. The van der Waals surface area contributed by atoms with E-state index in [4.69, 9.17) is 5.11 Å². The molecule has 1 aromatic carbocycles. The summed E-state index contributed by atoms with van der Waals surface area (Å²) in [6.45, 7) is 1.17. The molecule has 0 aliphatic rings. The number of rotatable bonds is 4. The molecular formula is C11H11F2NO3. The molecule has 17 heavy (non-hydrogen) atoms. The predicted octanol–water partition coefficient (Wildman–Crippen LogP) is 1.62. The molecule has 6 heteroatoms. The monoisotopic (exact) mass is 243 g/mol. The summed E-state index contributed by atoms with van der Waals surface area (Å²) < 4.78 is 26.4. The van der Waals surface area contributed by atoms with Gasteiger partial charge >= 0.3 is 5.97 Å². The van der Waals surface area contributed by atoms with Crippen LogP contribution < -0.4 is 5.32 Å². The van der Waals surface area contributed by atoms with Crippen molar-refractivity contribution in [3.05, 3.63) is 35.4 Å². The van der Waals surface area contributed by atoms with Gasteiger partial charge in [-0.25, -0.2) is 8.78 Å². The van der Waals surface area contributed by atoms with Gasteiger partial charge in [-0.3, -0.25) is 9.59 Å². The lowest BCUT2D eigenvalue weighted by Crippen LogP contribution is -2.28. The van der Waals surface area contributed by atoms with E-state index in [1.165, 1.54) is 19.1 Å². The zero-order valence-corrected chi connectivity index (χ0v) is 9.04. The number of halogens is 2. The Labute approximate surface area is 96.3 Å². The Morgan fingerprint density at radius 1 is 1.41 bits per heavy atom. The molecular weight excluding hydrogens is 232 g/mol. The summed E-state index contributed by atoms with van der Waals surface area (Å²) in [5.74, 6) is -3.96. The van der Waals surface area contributed by atoms with Crippen LogP contribution in [0.3, 0.4) is 0 Å². The molecule has 0 aliphatic carbocycles. The fourth-order valence-electron chi connectivity index (χ4n) is 1.45. The normalized spacial score (nSPS) is 11.9. The predicted molar refractivity (Wildman–Crippen MR) is 55.2 cm³/mol. The first-order valence-electron chi connectivity index (χ1n) is 4.84. The third kappa shape index (κ3) is 3.51. The van der Waals surface area contributed by atoms with Crippen LogP contribution in [0.15, 0.2) is 18.2 Å². The third-order valence-corrected chi connectivity index (χ3v) is 2.11. The summed E-state index contributed by atoms with van der Waals surface area (Å²) >= 11 is 0. The van der Waals surface area contributed by atoms with Crippen molar-refractivity contribution in [2.75, 3.05) is 0 Å². The lowest BCUT2D eigenvalue weighted by molar-refractivity contribution is -0.137. The third-order valence-electron chi connectivity index (χ3n) is 2.11. The van der Waals surface area contributed by atoms with Crippen molar-refractivity contribution < 1.29 is 23.5 Å². The standard InChI is InChI=1S/C11H11F2NO3/c1-6(15)14-9(5-10(16)17)7-3-2-4-8(12)11(7)13/h2-4,9H,5H2,1H3,(H,14,15)(H,16,17)/t9-/m0/s1. The molecule has 0 aromatic heterocycles. The SMILES string of the molecule is CC(=O)N[C@@H](CC(=O)O)c1cccc(F)c1F. The minimum atomic E-state index is -1.22. The first-order valence-corrected chi connectivity index (χ1v) is 4.84. The number of hydrogen-bond donors (Lipinski definition) is 2. The molecule has 0 saturated heterocycles. The number of aliphatic carboxylic acids is 1. The van der Waals surface area contributed by atoms with E-state index in [1.807, 2.05) is 0 Å². The Kier molecular flexibility index (Phi) is 4.14. The van der Waals surface area contributed by atoms with Crippen molar-refractivity contribution in [2.45, 2.75) is 19.4 Å². The Hall–Kier alpha value is -1.98. The highest BCUT2D eigenvalue weighted by Crippen LogP contribution is 2.22. The van der Waals surface area contributed by atoms with Crippen LogP contribution in [-0.2, 0) is 9.59 Å². The van der Waals surface area contributed by atoms with Crippen molar-refractivity contribution in [1.29, 1.82) is 0 Å². The highest BCUT2D eigenvalue weighted by Gasteiger charge is 2.21. The van der Waals surface area contributed by atoms with Crippen molar-refractivity contribution in [3.8, 4) is 0 Å². The van der Waals surface area contributed by atoms with Crippen LogP contribution >= 0.6 is 0 Å². The Morgan fingerprint density at radius 2 is 2.06 bits per heavy atom. The molecule has 0 spiro atoms. The van der Waals surface area contributed by atoms with Gasteiger partial charge in [-0.15, -0.1) is 0 Å². The second-order valence-electron chi connectivity index (χ2n) is 3.49. The molecule has 0 radical (unpaired) electrons. The number of carbonyl (C=O) groups excluding carboxylic acids is 1. The summed E-state index contributed by atoms with van der Waals surface area (Å²) in [7, 11) is 0. The van der Waals surface area contributed by atoms with E-state index in [1.54, 1.807) is 0 Å². The van der Waals surface area contributed by atoms with E-state index in [0.717, 1.165) is 6.07 Å². The fourth-order valence-corrected chi connectivity index (χ4v) is 1.45. The van der Waals surface area contributed by atoms with Gasteiger partial charge in [0.15, 0.2) is 11.6 Å². The van der Waals surface area contributed by atoms with Crippen LogP contribution in [-0.4, -0.2) is 17.0 Å². The summed E-state index contributed by atoms with van der Waals surface area (Å²) in [6, 6.07) is 2.33. The number of nitrogens with one attached hydrogen (secondary N) is 1. The van der Waals surface area contributed by atoms with Gasteiger partial charge in [0.1, 0.15) is 0 Å². The molecule has 1 rings (SSSR count). The van der Waals surface area contributed by atoms with Crippen molar-refractivity contribution in [3.63, 3.8) is 0 Å². The van der Waals surface area contributed by atoms with E-state index in [2.05, 4.69) is 5.32 Å². The van der Waals surface area contributed by atoms with Crippen LogP contribution in [0.4, 0.5) is 8.78 Å². The van der Waals surface area contributed by atoms with E-state index in [-0.39, 0.29) is 5.56 Å². The lowest BCUT2D eigenvalue weighted by Gasteiger charge is -2.17. The molecule has 2 N–H and O–H groups in total. The number of benzene rings is 1.